The van der Waals surface area contributed by atoms with Gasteiger partial charge in [0.15, 0.2) is 5.78 Å². The zero-order chi connectivity index (χ0) is 13.9. The van der Waals surface area contributed by atoms with Crippen LogP contribution in [0.2, 0.25) is 5.02 Å². The maximum Gasteiger partial charge on any atom is 0.180 e. The number of Topliss-reactive ketones (excluding diaryl/α,β-unsaturated/α-hetero) is 1. The molecule has 0 amide bonds. The van der Waals surface area contributed by atoms with Crippen molar-refractivity contribution < 1.29 is 9.53 Å². The SMILES string of the molecule is COc1cc(C)c(Cl)c(C)c1C(=O)CNC(C)C. The van der Waals surface area contributed by atoms with Crippen LogP contribution in [0.3, 0.4) is 0 Å². The number of aryl methyl sites for hydroxylation is 1. The van der Waals surface area contributed by atoms with Crippen LogP contribution in [-0.2, 0) is 0 Å². The van der Waals surface area contributed by atoms with Crippen LogP contribution >= 0.6 is 11.6 Å². The summed E-state index contributed by atoms with van der Waals surface area (Å²) in [4.78, 5) is 12.2. The van der Waals surface area contributed by atoms with E-state index in [1.54, 1.807) is 13.2 Å². The van der Waals surface area contributed by atoms with E-state index >= 15 is 0 Å². The standard InChI is InChI=1S/C14H20ClNO2/c1-8(2)16-7-11(17)13-10(4)14(15)9(3)6-12(13)18-5/h6,8,16H,7H2,1-5H3. The lowest BCUT2D eigenvalue weighted by atomic mass is 10.00. The van der Waals surface area contributed by atoms with Gasteiger partial charge in [-0.25, -0.2) is 0 Å². The molecule has 1 aromatic carbocycles. The van der Waals surface area contributed by atoms with Crippen LogP contribution in [0.25, 0.3) is 0 Å². The van der Waals surface area contributed by atoms with Gasteiger partial charge in [-0.05, 0) is 31.0 Å². The van der Waals surface area contributed by atoms with Crippen molar-refractivity contribution in [1.82, 2.24) is 5.32 Å². The largest absolute Gasteiger partial charge is 0.496 e. The molecule has 0 atom stereocenters. The second kappa shape index (κ2) is 6.21. The highest BCUT2D eigenvalue weighted by Crippen LogP contribution is 2.31. The van der Waals surface area contributed by atoms with E-state index in [1.165, 1.54) is 0 Å². The molecule has 0 aliphatic heterocycles. The first kappa shape index (κ1) is 15.0. The topological polar surface area (TPSA) is 38.3 Å². The molecule has 0 aromatic heterocycles. The molecule has 0 fully saturated rings. The van der Waals surface area contributed by atoms with Gasteiger partial charge in [0.25, 0.3) is 0 Å². The van der Waals surface area contributed by atoms with Crippen molar-refractivity contribution in [2.24, 2.45) is 0 Å². The fourth-order valence-corrected chi connectivity index (χ4v) is 1.96. The van der Waals surface area contributed by atoms with Gasteiger partial charge in [0.2, 0.25) is 0 Å². The van der Waals surface area contributed by atoms with Gasteiger partial charge in [-0.3, -0.25) is 4.79 Å². The molecule has 0 saturated carbocycles. The molecule has 0 saturated heterocycles. The third kappa shape index (κ3) is 3.24. The number of halogens is 1. The molecule has 1 rings (SSSR count). The summed E-state index contributed by atoms with van der Waals surface area (Å²) >= 11 is 6.19. The lowest BCUT2D eigenvalue weighted by Crippen LogP contribution is -2.29. The van der Waals surface area contributed by atoms with Crippen molar-refractivity contribution in [3.63, 3.8) is 0 Å². The third-order valence-corrected chi connectivity index (χ3v) is 3.40. The number of rotatable bonds is 5. The van der Waals surface area contributed by atoms with E-state index in [0.29, 0.717) is 16.3 Å². The number of carbonyl (C=O) groups is 1. The molecule has 4 heteroatoms. The maximum atomic E-state index is 12.2. The molecule has 0 radical (unpaired) electrons. The predicted molar refractivity (Wildman–Crippen MR) is 74.9 cm³/mol. The average Bonchev–Trinajstić information content (AvgIpc) is 2.32. The molecule has 1 N–H and O–H groups in total. The number of methoxy groups -OCH3 is 1. The average molecular weight is 270 g/mol. The molecular weight excluding hydrogens is 250 g/mol. The van der Waals surface area contributed by atoms with Crippen LogP contribution in [0.15, 0.2) is 6.07 Å². The summed E-state index contributed by atoms with van der Waals surface area (Å²) in [6.07, 6.45) is 0. The van der Waals surface area contributed by atoms with Gasteiger partial charge >= 0.3 is 0 Å². The normalized spacial score (nSPS) is 10.8. The van der Waals surface area contributed by atoms with Crippen LogP contribution in [-0.4, -0.2) is 25.5 Å². The van der Waals surface area contributed by atoms with E-state index in [2.05, 4.69) is 5.32 Å². The molecule has 0 heterocycles. The summed E-state index contributed by atoms with van der Waals surface area (Å²) in [6, 6.07) is 2.07. The van der Waals surface area contributed by atoms with Gasteiger partial charge in [-0.2, -0.15) is 0 Å². The fourth-order valence-electron chi connectivity index (χ4n) is 1.82. The number of nitrogens with one attached hydrogen (secondary N) is 1. The first-order valence-corrected chi connectivity index (χ1v) is 6.36. The van der Waals surface area contributed by atoms with Crippen LogP contribution < -0.4 is 10.1 Å². The lowest BCUT2D eigenvalue weighted by molar-refractivity contribution is 0.0985. The number of hydrogen-bond donors (Lipinski definition) is 1. The Balaban J connectivity index is 3.14. The minimum Gasteiger partial charge on any atom is -0.496 e. The van der Waals surface area contributed by atoms with Gasteiger partial charge in [-0.15, -0.1) is 0 Å². The monoisotopic (exact) mass is 269 g/mol. The Morgan fingerprint density at radius 3 is 2.56 bits per heavy atom. The second-order valence-electron chi connectivity index (χ2n) is 4.67. The number of benzene rings is 1. The number of carbonyl (C=O) groups excluding carboxylic acids is 1. The maximum absolute atomic E-state index is 12.2. The number of hydrogen-bond acceptors (Lipinski definition) is 3. The van der Waals surface area contributed by atoms with Gasteiger partial charge in [-0.1, -0.05) is 25.4 Å². The summed E-state index contributed by atoms with van der Waals surface area (Å²) in [6.45, 7) is 8.03. The van der Waals surface area contributed by atoms with Crippen molar-refractivity contribution in [3.05, 3.63) is 27.8 Å². The lowest BCUT2D eigenvalue weighted by Gasteiger charge is -2.15. The van der Waals surface area contributed by atoms with Crippen LogP contribution in [0.4, 0.5) is 0 Å². The van der Waals surface area contributed by atoms with Gasteiger partial charge in [0, 0.05) is 11.1 Å². The summed E-state index contributed by atoms with van der Waals surface area (Å²) in [5.41, 5.74) is 2.27. The highest BCUT2D eigenvalue weighted by Gasteiger charge is 2.19. The minimum absolute atomic E-state index is 0.0000463. The first-order valence-electron chi connectivity index (χ1n) is 5.98. The Morgan fingerprint density at radius 2 is 2.06 bits per heavy atom. The highest BCUT2D eigenvalue weighted by molar-refractivity contribution is 6.32. The molecule has 0 bridgehead atoms. The zero-order valence-corrected chi connectivity index (χ0v) is 12.3. The Hall–Kier alpha value is -1.06. The predicted octanol–water partition coefficient (Wildman–Crippen LogP) is 3.15. The molecule has 0 unspecified atom stereocenters. The molecule has 18 heavy (non-hydrogen) atoms. The zero-order valence-electron chi connectivity index (χ0n) is 11.6. The van der Waals surface area contributed by atoms with Crippen molar-refractivity contribution in [2.45, 2.75) is 33.7 Å². The Labute approximate surface area is 113 Å². The molecular formula is C14H20ClNO2. The quantitative estimate of drug-likeness (QED) is 0.835. The molecule has 0 spiro atoms. The third-order valence-electron chi connectivity index (χ3n) is 2.81. The van der Waals surface area contributed by atoms with Crippen molar-refractivity contribution in [2.75, 3.05) is 13.7 Å². The Bertz CT molecular complexity index is 456. The van der Waals surface area contributed by atoms with Gasteiger partial charge < -0.3 is 10.1 Å². The second-order valence-corrected chi connectivity index (χ2v) is 5.05. The molecule has 0 aliphatic rings. The number of ether oxygens (including phenoxy) is 1. The van der Waals surface area contributed by atoms with Gasteiger partial charge in [0.1, 0.15) is 5.75 Å². The van der Waals surface area contributed by atoms with Crippen molar-refractivity contribution >= 4 is 17.4 Å². The summed E-state index contributed by atoms with van der Waals surface area (Å²) in [7, 11) is 1.56. The van der Waals surface area contributed by atoms with Crippen molar-refractivity contribution in [3.8, 4) is 5.75 Å². The summed E-state index contributed by atoms with van der Waals surface area (Å²) in [5, 5.41) is 3.74. The fraction of sp³-hybridized carbons (Fsp3) is 0.500. The van der Waals surface area contributed by atoms with Gasteiger partial charge in [0.05, 0.1) is 19.2 Å². The molecule has 3 nitrogen and oxygen atoms in total. The van der Waals surface area contributed by atoms with E-state index in [-0.39, 0.29) is 18.4 Å². The minimum atomic E-state index is -0.0000463. The first-order chi connectivity index (χ1) is 8.38. The van der Waals surface area contributed by atoms with Crippen LogP contribution in [0.5, 0.6) is 5.75 Å². The smallest absolute Gasteiger partial charge is 0.180 e. The van der Waals surface area contributed by atoms with Crippen LogP contribution in [0, 0.1) is 13.8 Å². The van der Waals surface area contributed by atoms with E-state index in [0.717, 1.165) is 11.1 Å². The van der Waals surface area contributed by atoms with Crippen LogP contribution in [0.1, 0.15) is 35.3 Å². The summed E-state index contributed by atoms with van der Waals surface area (Å²) in [5.74, 6) is 0.588. The van der Waals surface area contributed by atoms with E-state index in [9.17, 15) is 4.79 Å². The van der Waals surface area contributed by atoms with Crippen molar-refractivity contribution in [1.29, 1.82) is 0 Å². The van der Waals surface area contributed by atoms with E-state index in [1.807, 2.05) is 27.7 Å². The Morgan fingerprint density at radius 1 is 1.44 bits per heavy atom. The molecule has 0 aliphatic carbocycles. The summed E-state index contributed by atoms with van der Waals surface area (Å²) < 4.78 is 5.28. The van der Waals surface area contributed by atoms with E-state index in [4.69, 9.17) is 16.3 Å². The highest BCUT2D eigenvalue weighted by atomic mass is 35.5. The van der Waals surface area contributed by atoms with E-state index < -0.39 is 0 Å². The Kier molecular flexibility index (Phi) is 5.17. The number of ketones is 1. The molecule has 100 valence electrons. The molecule has 1 aromatic rings.